The first kappa shape index (κ1) is 15.3. The first-order chi connectivity index (χ1) is 9.42. The highest BCUT2D eigenvalue weighted by Gasteiger charge is 2.15. The van der Waals surface area contributed by atoms with Crippen molar-refractivity contribution in [2.75, 3.05) is 4.72 Å². The number of sulfonamides is 1. The monoisotopic (exact) mass is 377 g/mol. The van der Waals surface area contributed by atoms with E-state index in [0.717, 1.165) is 5.56 Å². The zero-order valence-corrected chi connectivity index (χ0v) is 13.3. The molecule has 20 heavy (non-hydrogen) atoms. The van der Waals surface area contributed by atoms with Crippen molar-refractivity contribution in [3.63, 3.8) is 0 Å². The van der Waals surface area contributed by atoms with Crippen molar-refractivity contribution < 1.29 is 12.8 Å². The zero-order valence-electron chi connectivity index (χ0n) is 10.1. The minimum atomic E-state index is -3.75. The van der Waals surface area contributed by atoms with Crippen LogP contribution in [0.3, 0.4) is 0 Å². The van der Waals surface area contributed by atoms with Gasteiger partial charge in [0.05, 0.1) is 4.90 Å². The predicted molar refractivity (Wildman–Crippen MR) is 81.3 cm³/mol. The lowest BCUT2D eigenvalue weighted by atomic mass is 10.2. The van der Waals surface area contributed by atoms with Gasteiger partial charge in [0, 0.05) is 16.0 Å². The van der Waals surface area contributed by atoms with E-state index in [4.69, 9.17) is 11.6 Å². The summed E-state index contributed by atoms with van der Waals surface area (Å²) in [5.74, 6) is -0.433. The average molecular weight is 379 g/mol. The second kappa shape index (κ2) is 6.11. The maximum atomic E-state index is 12.8. The largest absolute Gasteiger partial charge is 0.280 e. The van der Waals surface area contributed by atoms with Crippen molar-refractivity contribution in [3.05, 3.63) is 58.9 Å². The lowest BCUT2D eigenvalue weighted by Crippen LogP contribution is -2.13. The van der Waals surface area contributed by atoms with Crippen molar-refractivity contribution in [1.82, 2.24) is 0 Å². The number of alkyl halides is 1. The van der Waals surface area contributed by atoms with Crippen LogP contribution in [0.5, 0.6) is 0 Å². The topological polar surface area (TPSA) is 46.2 Å². The SMILES string of the molecule is O=S(=O)(Nc1ccc(F)cc1)c1ccc(CBr)c(Cl)c1. The molecule has 0 fully saturated rings. The molecule has 3 nitrogen and oxygen atoms in total. The smallest absolute Gasteiger partial charge is 0.261 e. The Morgan fingerprint density at radius 1 is 1.15 bits per heavy atom. The van der Waals surface area contributed by atoms with E-state index in [1.54, 1.807) is 6.07 Å². The predicted octanol–water partition coefficient (Wildman–Crippen LogP) is 4.17. The Kier molecular flexibility index (Phi) is 4.67. The fourth-order valence-electron chi connectivity index (χ4n) is 1.54. The number of halogens is 3. The highest BCUT2D eigenvalue weighted by molar-refractivity contribution is 9.08. The van der Waals surface area contributed by atoms with Gasteiger partial charge in [0.2, 0.25) is 0 Å². The zero-order chi connectivity index (χ0) is 14.8. The van der Waals surface area contributed by atoms with Gasteiger partial charge in [-0.05, 0) is 42.0 Å². The van der Waals surface area contributed by atoms with Gasteiger partial charge in [-0.25, -0.2) is 12.8 Å². The molecular formula is C13H10BrClFNO2S. The van der Waals surface area contributed by atoms with E-state index in [-0.39, 0.29) is 10.6 Å². The molecule has 7 heteroatoms. The molecular weight excluding hydrogens is 369 g/mol. The summed E-state index contributed by atoms with van der Waals surface area (Å²) >= 11 is 9.25. The number of benzene rings is 2. The fraction of sp³-hybridized carbons (Fsp3) is 0.0769. The van der Waals surface area contributed by atoms with Crippen LogP contribution in [-0.4, -0.2) is 8.42 Å². The number of hydrogen-bond donors (Lipinski definition) is 1. The molecule has 0 saturated carbocycles. The molecule has 0 spiro atoms. The summed E-state index contributed by atoms with van der Waals surface area (Å²) in [7, 11) is -3.75. The van der Waals surface area contributed by atoms with Crippen LogP contribution >= 0.6 is 27.5 Å². The van der Waals surface area contributed by atoms with Crippen LogP contribution in [0, 0.1) is 5.82 Å². The molecule has 2 rings (SSSR count). The van der Waals surface area contributed by atoms with E-state index in [0.29, 0.717) is 10.4 Å². The minimum absolute atomic E-state index is 0.0523. The second-order valence-corrected chi connectivity index (χ2v) is 6.65. The minimum Gasteiger partial charge on any atom is -0.280 e. The maximum Gasteiger partial charge on any atom is 0.261 e. The molecule has 106 valence electrons. The highest BCUT2D eigenvalue weighted by atomic mass is 79.9. The Morgan fingerprint density at radius 3 is 2.35 bits per heavy atom. The molecule has 2 aromatic rings. The third kappa shape index (κ3) is 3.50. The molecule has 0 aromatic heterocycles. The van der Waals surface area contributed by atoms with Crippen molar-refractivity contribution in [3.8, 4) is 0 Å². The van der Waals surface area contributed by atoms with Crippen molar-refractivity contribution in [2.24, 2.45) is 0 Å². The molecule has 0 atom stereocenters. The molecule has 0 unspecified atom stereocenters. The molecule has 1 N–H and O–H groups in total. The van der Waals surface area contributed by atoms with E-state index in [2.05, 4.69) is 20.7 Å². The molecule has 0 saturated heterocycles. The van der Waals surface area contributed by atoms with Gasteiger partial charge in [-0.1, -0.05) is 33.6 Å². The van der Waals surface area contributed by atoms with Crippen LogP contribution in [0.4, 0.5) is 10.1 Å². The summed E-state index contributed by atoms with van der Waals surface area (Å²) in [4.78, 5) is 0.0523. The van der Waals surface area contributed by atoms with E-state index in [1.807, 2.05) is 0 Å². The second-order valence-electron chi connectivity index (χ2n) is 4.00. The molecule has 0 bridgehead atoms. The van der Waals surface area contributed by atoms with Crippen molar-refractivity contribution in [1.29, 1.82) is 0 Å². The Hall–Kier alpha value is -1.11. The summed E-state index contributed by atoms with van der Waals surface area (Å²) in [5, 5.41) is 0.904. The summed E-state index contributed by atoms with van der Waals surface area (Å²) in [6, 6.07) is 9.54. The lowest BCUT2D eigenvalue weighted by molar-refractivity contribution is 0.601. The van der Waals surface area contributed by atoms with Gasteiger partial charge in [-0.2, -0.15) is 0 Å². The summed E-state index contributed by atoms with van der Waals surface area (Å²) in [5.41, 5.74) is 1.08. The van der Waals surface area contributed by atoms with E-state index in [9.17, 15) is 12.8 Å². The van der Waals surface area contributed by atoms with Crippen LogP contribution in [0.15, 0.2) is 47.4 Å². The Labute approximate surface area is 130 Å². The van der Waals surface area contributed by atoms with E-state index in [1.165, 1.54) is 36.4 Å². The summed E-state index contributed by atoms with van der Waals surface area (Å²) < 4.78 is 39.5. The number of anilines is 1. The Morgan fingerprint density at radius 2 is 1.80 bits per heavy atom. The number of rotatable bonds is 4. The Balaban J connectivity index is 2.30. The van der Waals surface area contributed by atoms with Crippen molar-refractivity contribution >= 4 is 43.2 Å². The van der Waals surface area contributed by atoms with Gasteiger partial charge < -0.3 is 0 Å². The van der Waals surface area contributed by atoms with Crippen molar-refractivity contribution in [2.45, 2.75) is 10.2 Å². The van der Waals surface area contributed by atoms with Crippen LogP contribution in [0.25, 0.3) is 0 Å². The summed E-state index contributed by atoms with van der Waals surface area (Å²) in [6.07, 6.45) is 0. The molecule has 0 amide bonds. The van der Waals surface area contributed by atoms with E-state index >= 15 is 0 Å². The van der Waals surface area contributed by atoms with Crippen LogP contribution in [0.1, 0.15) is 5.56 Å². The lowest BCUT2D eigenvalue weighted by Gasteiger charge is -2.09. The van der Waals surface area contributed by atoms with E-state index < -0.39 is 15.8 Å². The first-order valence-electron chi connectivity index (χ1n) is 5.55. The quantitative estimate of drug-likeness (QED) is 0.812. The third-order valence-electron chi connectivity index (χ3n) is 2.58. The van der Waals surface area contributed by atoms with Gasteiger partial charge in [0.25, 0.3) is 10.0 Å². The number of nitrogens with one attached hydrogen (secondary N) is 1. The van der Waals surface area contributed by atoms with Gasteiger partial charge in [0.1, 0.15) is 5.82 Å². The molecule has 0 radical (unpaired) electrons. The molecule has 0 aliphatic heterocycles. The molecule has 0 heterocycles. The van der Waals surface area contributed by atoms with Gasteiger partial charge >= 0.3 is 0 Å². The van der Waals surface area contributed by atoms with Crippen LogP contribution < -0.4 is 4.72 Å². The normalized spacial score (nSPS) is 11.3. The average Bonchev–Trinajstić information content (AvgIpc) is 2.41. The number of hydrogen-bond acceptors (Lipinski definition) is 2. The van der Waals surface area contributed by atoms with Gasteiger partial charge in [0.15, 0.2) is 0 Å². The molecule has 2 aromatic carbocycles. The molecule has 0 aliphatic rings. The van der Waals surface area contributed by atoms with Crippen LogP contribution in [0.2, 0.25) is 5.02 Å². The highest BCUT2D eigenvalue weighted by Crippen LogP contribution is 2.24. The Bertz CT molecular complexity index is 720. The maximum absolute atomic E-state index is 12.8. The fourth-order valence-corrected chi connectivity index (χ4v) is 3.58. The van der Waals surface area contributed by atoms with Crippen LogP contribution in [-0.2, 0) is 15.4 Å². The third-order valence-corrected chi connectivity index (χ3v) is 4.91. The van der Waals surface area contributed by atoms with Gasteiger partial charge in [-0.3, -0.25) is 4.72 Å². The first-order valence-corrected chi connectivity index (χ1v) is 8.53. The molecule has 0 aliphatic carbocycles. The standard InChI is InChI=1S/C13H10BrClFNO2S/c14-8-9-1-6-12(7-13(9)15)20(18,19)17-11-4-2-10(16)3-5-11/h1-7,17H,8H2. The summed E-state index contributed by atoms with van der Waals surface area (Å²) in [6.45, 7) is 0. The van der Waals surface area contributed by atoms with Gasteiger partial charge in [-0.15, -0.1) is 0 Å².